The maximum Gasteiger partial charge on any atom is 0.225 e. The smallest absolute Gasteiger partial charge is 0.225 e. The van der Waals surface area contributed by atoms with Gasteiger partial charge in [0.25, 0.3) is 0 Å². The van der Waals surface area contributed by atoms with Crippen molar-refractivity contribution in [3.63, 3.8) is 0 Å². The summed E-state index contributed by atoms with van der Waals surface area (Å²) in [4.78, 5) is 13.6. The fourth-order valence-corrected chi connectivity index (χ4v) is 3.39. The first-order valence-corrected chi connectivity index (χ1v) is 8.90. The number of nitrogens with zero attached hydrogens (tertiary/aromatic N) is 4. The molecule has 0 spiro atoms. The fraction of sp³-hybridized carbons (Fsp3) is 0.474. The third kappa shape index (κ3) is 3.69. The van der Waals surface area contributed by atoms with E-state index in [-0.39, 0.29) is 6.10 Å². The molecule has 2 saturated heterocycles. The zero-order valence-corrected chi connectivity index (χ0v) is 14.6. The molecule has 0 atom stereocenters. The van der Waals surface area contributed by atoms with Crippen molar-refractivity contribution in [2.24, 2.45) is 0 Å². The van der Waals surface area contributed by atoms with Gasteiger partial charge in [0.1, 0.15) is 6.10 Å². The van der Waals surface area contributed by atoms with Crippen molar-refractivity contribution in [3.05, 3.63) is 42.2 Å². The molecule has 0 radical (unpaired) electrons. The molecule has 4 rings (SSSR count). The van der Waals surface area contributed by atoms with Gasteiger partial charge >= 0.3 is 0 Å². The van der Waals surface area contributed by atoms with Crippen LogP contribution < -0.4 is 14.4 Å². The van der Waals surface area contributed by atoms with Gasteiger partial charge in [0, 0.05) is 50.7 Å². The maximum absolute atomic E-state index is 6.02. The summed E-state index contributed by atoms with van der Waals surface area (Å²) in [6, 6.07) is 7.79. The van der Waals surface area contributed by atoms with E-state index in [9.17, 15) is 0 Å². The lowest BCUT2D eigenvalue weighted by Crippen LogP contribution is -2.53. The number of benzene rings is 1. The molecule has 0 saturated carbocycles. The van der Waals surface area contributed by atoms with Crippen molar-refractivity contribution >= 4 is 5.95 Å². The van der Waals surface area contributed by atoms with Gasteiger partial charge in [-0.2, -0.15) is 0 Å². The van der Waals surface area contributed by atoms with Crippen molar-refractivity contribution in [1.29, 1.82) is 0 Å². The van der Waals surface area contributed by atoms with Gasteiger partial charge in [-0.1, -0.05) is 12.1 Å². The lowest BCUT2D eigenvalue weighted by molar-refractivity contribution is 0.0130. The van der Waals surface area contributed by atoms with E-state index in [0.29, 0.717) is 0 Å². The topological polar surface area (TPSA) is 50.7 Å². The van der Waals surface area contributed by atoms with Gasteiger partial charge < -0.3 is 14.4 Å². The highest BCUT2D eigenvalue weighted by atomic mass is 16.5. The molecule has 6 heteroatoms. The van der Waals surface area contributed by atoms with Crippen LogP contribution >= 0.6 is 0 Å². The molecule has 2 fully saturated rings. The second-order valence-corrected chi connectivity index (χ2v) is 6.67. The highest BCUT2D eigenvalue weighted by Gasteiger charge is 2.29. The zero-order valence-electron chi connectivity index (χ0n) is 14.6. The summed E-state index contributed by atoms with van der Waals surface area (Å²) in [6.45, 7) is 4.84. The van der Waals surface area contributed by atoms with Crippen molar-refractivity contribution in [2.45, 2.75) is 25.5 Å². The van der Waals surface area contributed by atoms with Gasteiger partial charge in [0.2, 0.25) is 5.95 Å². The number of para-hydroxylation sites is 2. The molecule has 0 bridgehead atoms. The van der Waals surface area contributed by atoms with E-state index in [1.807, 2.05) is 36.7 Å². The van der Waals surface area contributed by atoms with Crippen molar-refractivity contribution in [1.82, 2.24) is 14.9 Å². The third-order valence-corrected chi connectivity index (χ3v) is 4.77. The Bertz CT molecular complexity index is 695. The lowest BCUT2D eigenvalue weighted by Gasteiger charge is -2.39. The second-order valence-electron chi connectivity index (χ2n) is 6.67. The monoisotopic (exact) mass is 340 g/mol. The number of rotatable bonds is 6. The van der Waals surface area contributed by atoms with Crippen molar-refractivity contribution in [3.8, 4) is 11.5 Å². The molecule has 3 heterocycles. The summed E-state index contributed by atoms with van der Waals surface area (Å²) < 4.78 is 11.4. The number of anilines is 1. The van der Waals surface area contributed by atoms with Gasteiger partial charge in [0.15, 0.2) is 11.5 Å². The molecule has 0 amide bonds. The standard InChI is InChI=1S/C19H24N4O2/c1-24-17-6-2-3-7-18(17)25-16-13-22(14-16)12-15-10-20-19(21-11-15)23-8-4-5-9-23/h2-3,6-7,10-11,16H,4-5,8-9,12-14H2,1H3. The van der Waals surface area contributed by atoms with Gasteiger partial charge in [-0.05, 0) is 25.0 Å². The number of hydrogen-bond donors (Lipinski definition) is 0. The van der Waals surface area contributed by atoms with Gasteiger partial charge in [0.05, 0.1) is 7.11 Å². The summed E-state index contributed by atoms with van der Waals surface area (Å²) >= 11 is 0. The molecule has 2 aromatic rings. The minimum Gasteiger partial charge on any atom is -0.493 e. The molecule has 1 aromatic carbocycles. The van der Waals surface area contributed by atoms with Crippen LogP contribution in [0.3, 0.4) is 0 Å². The van der Waals surface area contributed by atoms with Crippen molar-refractivity contribution < 1.29 is 9.47 Å². The first-order chi connectivity index (χ1) is 12.3. The highest BCUT2D eigenvalue weighted by molar-refractivity contribution is 5.39. The first-order valence-electron chi connectivity index (χ1n) is 8.90. The normalized spacial score (nSPS) is 18.2. The zero-order chi connectivity index (χ0) is 17.1. The Morgan fingerprint density at radius 2 is 1.72 bits per heavy atom. The molecule has 0 N–H and O–H groups in total. The summed E-state index contributed by atoms with van der Waals surface area (Å²) in [5.41, 5.74) is 1.15. The molecule has 6 nitrogen and oxygen atoms in total. The van der Waals surface area contributed by atoms with E-state index < -0.39 is 0 Å². The van der Waals surface area contributed by atoms with Gasteiger partial charge in [-0.15, -0.1) is 0 Å². The molecule has 132 valence electrons. The quantitative estimate of drug-likeness (QED) is 0.805. The van der Waals surface area contributed by atoms with Gasteiger partial charge in [-0.3, -0.25) is 4.90 Å². The molecule has 2 aliphatic rings. The average Bonchev–Trinajstić information content (AvgIpc) is 3.15. The average molecular weight is 340 g/mol. The van der Waals surface area contributed by atoms with Crippen LogP contribution in [-0.2, 0) is 6.54 Å². The van der Waals surface area contributed by atoms with Crippen LogP contribution in [0.4, 0.5) is 5.95 Å². The predicted octanol–water partition coefficient (Wildman–Crippen LogP) is 2.35. The Morgan fingerprint density at radius 3 is 2.40 bits per heavy atom. The van der Waals surface area contributed by atoms with Crippen LogP contribution in [0.5, 0.6) is 11.5 Å². The molecular weight excluding hydrogens is 316 g/mol. The van der Waals surface area contributed by atoms with E-state index in [4.69, 9.17) is 9.47 Å². The number of aromatic nitrogens is 2. The maximum atomic E-state index is 6.02. The largest absolute Gasteiger partial charge is 0.493 e. The summed E-state index contributed by atoms with van der Waals surface area (Å²) in [6.07, 6.45) is 6.60. The SMILES string of the molecule is COc1ccccc1OC1CN(Cc2cnc(N3CCCC3)nc2)C1. The van der Waals surface area contributed by atoms with Crippen LogP contribution in [0.1, 0.15) is 18.4 Å². The molecule has 25 heavy (non-hydrogen) atoms. The number of hydrogen-bond acceptors (Lipinski definition) is 6. The fourth-order valence-electron chi connectivity index (χ4n) is 3.39. The summed E-state index contributed by atoms with van der Waals surface area (Å²) in [5, 5.41) is 0. The number of ether oxygens (including phenoxy) is 2. The highest BCUT2D eigenvalue weighted by Crippen LogP contribution is 2.29. The van der Waals surface area contributed by atoms with Crippen LogP contribution in [0, 0.1) is 0 Å². The van der Waals surface area contributed by atoms with Crippen molar-refractivity contribution in [2.75, 3.05) is 38.2 Å². The Labute approximate surface area is 148 Å². The molecule has 1 aromatic heterocycles. The van der Waals surface area contributed by atoms with Crippen LogP contribution in [-0.4, -0.2) is 54.3 Å². The Morgan fingerprint density at radius 1 is 1.04 bits per heavy atom. The minimum atomic E-state index is 0.209. The van der Waals surface area contributed by atoms with E-state index in [2.05, 4.69) is 19.8 Å². The van der Waals surface area contributed by atoms with E-state index in [0.717, 1.165) is 55.7 Å². The van der Waals surface area contributed by atoms with Crippen LogP contribution in [0.2, 0.25) is 0 Å². The molecule has 0 aliphatic carbocycles. The van der Waals surface area contributed by atoms with Crippen LogP contribution in [0.25, 0.3) is 0 Å². The van der Waals surface area contributed by atoms with Crippen LogP contribution in [0.15, 0.2) is 36.7 Å². The lowest BCUT2D eigenvalue weighted by atomic mass is 10.1. The van der Waals surface area contributed by atoms with E-state index >= 15 is 0 Å². The van der Waals surface area contributed by atoms with Gasteiger partial charge in [-0.25, -0.2) is 9.97 Å². The molecule has 2 aliphatic heterocycles. The predicted molar refractivity (Wildman–Crippen MR) is 96.2 cm³/mol. The van der Waals surface area contributed by atoms with E-state index in [1.165, 1.54) is 12.8 Å². The summed E-state index contributed by atoms with van der Waals surface area (Å²) in [7, 11) is 1.67. The second kappa shape index (κ2) is 7.27. The first kappa shape index (κ1) is 16.1. The third-order valence-electron chi connectivity index (χ3n) is 4.77. The Hall–Kier alpha value is -2.34. The number of methoxy groups -OCH3 is 1. The minimum absolute atomic E-state index is 0.209. The molecular formula is C19H24N4O2. The Kier molecular flexibility index (Phi) is 4.70. The number of likely N-dealkylation sites (tertiary alicyclic amines) is 1. The molecule has 0 unspecified atom stereocenters. The Balaban J connectivity index is 1.27. The van der Waals surface area contributed by atoms with E-state index in [1.54, 1.807) is 7.11 Å². The summed E-state index contributed by atoms with van der Waals surface area (Å²) in [5.74, 6) is 2.46.